The summed E-state index contributed by atoms with van der Waals surface area (Å²) in [6.45, 7) is 3.43. The predicted molar refractivity (Wildman–Crippen MR) is 93.9 cm³/mol. The molecular weight excluding hydrogens is 363 g/mol. The van der Waals surface area contributed by atoms with Crippen molar-refractivity contribution in [3.05, 3.63) is 35.9 Å². The van der Waals surface area contributed by atoms with Gasteiger partial charge in [0.05, 0.1) is 12.2 Å². The maximum absolute atomic E-state index is 5.50. The van der Waals surface area contributed by atoms with E-state index in [4.69, 9.17) is 13.3 Å². The Morgan fingerprint density at radius 2 is 1.32 bits per heavy atom. The second-order valence-corrected chi connectivity index (χ2v) is 6.82. The van der Waals surface area contributed by atoms with Crippen LogP contribution in [-0.4, -0.2) is 15.9 Å². The van der Waals surface area contributed by atoms with Gasteiger partial charge in [-0.2, -0.15) is 0 Å². The molecule has 0 aliphatic carbocycles. The van der Waals surface area contributed by atoms with E-state index in [0.717, 1.165) is 12.8 Å². The summed E-state index contributed by atoms with van der Waals surface area (Å²) < 4.78 is 16.5. The average molecular weight is 388 g/mol. The molecule has 0 aromatic heterocycles. The Morgan fingerprint density at radius 1 is 0.840 bits per heavy atom. The van der Waals surface area contributed by atoms with Crippen LogP contribution in [0.25, 0.3) is 0 Å². The van der Waals surface area contributed by atoms with Crippen LogP contribution in [0.1, 0.15) is 25.8 Å². The number of hydrogen-bond donors (Lipinski definition) is 0. The smallest absolute Gasteiger partial charge is 0.441 e. The molecule has 0 bridgehead atoms. The lowest BCUT2D eigenvalue weighted by atomic mass is 10.1. The van der Waals surface area contributed by atoms with Crippen molar-refractivity contribution in [1.82, 2.24) is 0 Å². The van der Waals surface area contributed by atoms with Crippen LogP contribution in [0.15, 0.2) is 30.3 Å². The molecule has 9 heteroatoms. The minimum atomic E-state index is -2.81. The van der Waals surface area contributed by atoms with Crippen molar-refractivity contribution in [2.24, 2.45) is 0 Å². The first kappa shape index (κ1) is 34.2. The van der Waals surface area contributed by atoms with Crippen LogP contribution in [0, 0.1) is 24.1 Å². The summed E-state index contributed by atoms with van der Waals surface area (Å²) in [5.74, 6) is 5.39. The van der Waals surface area contributed by atoms with Crippen LogP contribution in [-0.2, 0) is 19.7 Å². The molecule has 0 radical (unpaired) electrons. The number of halogens is 5. The number of benzene rings is 1. The normalized spacial score (nSPS) is 7.80. The van der Waals surface area contributed by atoms with Gasteiger partial charge in [0.2, 0.25) is 0 Å². The van der Waals surface area contributed by atoms with E-state index in [1.54, 1.807) is 21.0 Å². The second kappa shape index (κ2) is 19.8. The number of hydrogen-bond acceptors (Lipinski definition) is 3. The molecule has 0 aliphatic heterocycles. The van der Waals surface area contributed by atoms with E-state index in [9.17, 15) is 0 Å². The van der Waals surface area contributed by atoms with Gasteiger partial charge in [0.25, 0.3) is 0 Å². The lowest BCUT2D eigenvalue weighted by Crippen LogP contribution is -2.42. The molecule has 3 nitrogen and oxygen atoms in total. The summed E-state index contributed by atoms with van der Waals surface area (Å²) in [6.07, 6.45) is 7.04. The quantitative estimate of drug-likeness (QED) is 0.402. The van der Waals surface area contributed by atoms with Crippen LogP contribution in [0.5, 0.6) is 0 Å². The van der Waals surface area contributed by atoms with Gasteiger partial charge in [-0.3, -0.25) is 23.5 Å². The van der Waals surface area contributed by atoms with Gasteiger partial charge >= 0.3 is 8.80 Å². The van der Waals surface area contributed by atoms with E-state index in [1.165, 1.54) is 5.56 Å². The van der Waals surface area contributed by atoms with Crippen LogP contribution in [0.3, 0.4) is 0 Å². The van der Waals surface area contributed by atoms with Crippen molar-refractivity contribution >= 4 is 8.80 Å². The molecule has 0 saturated carbocycles. The van der Waals surface area contributed by atoms with Gasteiger partial charge in [-0.25, -0.2) is 0 Å². The first-order valence-electron chi connectivity index (χ1n) is 6.55. The molecule has 0 unspecified atom stereocenters. The highest BCUT2D eigenvalue weighted by molar-refractivity contribution is 6.61. The lowest BCUT2D eigenvalue weighted by molar-refractivity contribution is 0.176. The van der Waals surface area contributed by atoms with Gasteiger partial charge in [0, 0.05) is 27.0 Å². The highest BCUT2D eigenvalue weighted by Gasteiger charge is 2.44. The zero-order valence-corrected chi connectivity index (χ0v) is 15.3. The summed E-state index contributed by atoms with van der Waals surface area (Å²) in [6, 6.07) is 11.0. The zero-order chi connectivity index (χ0) is 14.7. The fraction of sp³-hybridized carbons (Fsp3) is 0.375. The molecule has 0 N–H and O–H groups in total. The standard InChI is InChI=1S/C16H20O3Si.5FH/c1-4-13-18-20(17-3,19-14-5-2)15-9-12-16-10-7-6-8-11-16;;;;;/h6-8,10-11H,9,12,15H2,1-3H3;5*1H. The topological polar surface area (TPSA) is 27.7 Å². The molecule has 0 heterocycles. The van der Waals surface area contributed by atoms with Gasteiger partial charge in [0.15, 0.2) is 0 Å². The Balaban J connectivity index is -0.000000267. The number of rotatable bonds is 7. The molecule has 1 aromatic rings. The van der Waals surface area contributed by atoms with Crippen LogP contribution in [0.2, 0.25) is 6.04 Å². The Hall–Kier alpha value is -2.23. The minimum Gasteiger partial charge on any atom is -0.441 e. The maximum atomic E-state index is 5.50. The largest absolute Gasteiger partial charge is 0.648 e. The monoisotopic (exact) mass is 388 g/mol. The van der Waals surface area contributed by atoms with Crippen LogP contribution in [0.4, 0.5) is 23.5 Å². The van der Waals surface area contributed by atoms with E-state index >= 15 is 0 Å². The van der Waals surface area contributed by atoms with Crippen molar-refractivity contribution in [1.29, 1.82) is 0 Å². The highest BCUT2D eigenvalue weighted by Crippen LogP contribution is 2.18. The fourth-order valence-corrected chi connectivity index (χ4v) is 3.46. The molecule has 25 heavy (non-hydrogen) atoms. The Labute approximate surface area is 146 Å². The Bertz CT molecular complexity index is 501. The summed E-state index contributed by atoms with van der Waals surface area (Å²) in [7, 11) is -1.23. The molecule has 1 aromatic carbocycles. The minimum absolute atomic E-state index is 0. The van der Waals surface area contributed by atoms with E-state index in [1.807, 2.05) is 18.2 Å². The lowest BCUT2D eigenvalue weighted by Gasteiger charge is -2.22. The summed E-state index contributed by atoms with van der Waals surface area (Å²) >= 11 is 0. The highest BCUT2D eigenvalue weighted by atomic mass is 28.4. The Kier molecular flexibility index (Phi) is 27.1. The third-order valence-corrected chi connectivity index (χ3v) is 5.13. The molecule has 0 fully saturated rings. The molecular formula is C16H25F5O3Si. The summed E-state index contributed by atoms with van der Waals surface area (Å²) in [4.78, 5) is 0. The van der Waals surface area contributed by atoms with Gasteiger partial charge in [-0.05, 0) is 18.4 Å². The van der Waals surface area contributed by atoms with Gasteiger partial charge in [-0.15, -0.1) is 0 Å². The molecule has 1 rings (SSSR count). The SMILES string of the molecule is CC#CO[Si](CCCc1ccccc1)(OC)OC#CC.F.F.F.F.F. The van der Waals surface area contributed by atoms with E-state index in [0.29, 0.717) is 6.04 Å². The molecule has 0 aliphatic rings. The number of aryl methyl sites for hydroxylation is 1. The third kappa shape index (κ3) is 12.8. The van der Waals surface area contributed by atoms with Crippen molar-refractivity contribution in [3.8, 4) is 24.1 Å². The predicted octanol–water partition coefficient (Wildman–Crippen LogP) is 3.96. The molecule has 0 spiro atoms. The van der Waals surface area contributed by atoms with E-state index in [2.05, 4.69) is 36.2 Å². The Morgan fingerprint density at radius 3 is 1.72 bits per heavy atom. The molecule has 0 amide bonds. The molecule has 0 saturated heterocycles. The third-order valence-electron chi connectivity index (χ3n) is 2.72. The maximum Gasteiger partial charge on any atom is 0.648 e. The molecule has 146 valence electrons. The van der Waals surface area contributed by atoms with Crippen molar-refractivity contribution in [2.45, 2.75) is 32.7 Å². The van der Waals surface area contributed by atoms with Gasteiger partial charge in [-0.1, -0.05) is 42.2 Å². The van der Waals surface area contributed by atoms with Crippen molar-refractivity contribution in [2.75, 3.05) is 7.11 Å². The average Bonchev–Trinajstić information content (AvgIpc) is 2.51. The van der Waals surface area contributed by atoms with Crippen LogP contribution >= 0.6 is 0 Å². The van der Waals surface area contributed by atoms with Crippen molar-refractivity contribution < 1.29 is 36.8 Å². The second-order valence-electron chi connectivity index (χ2n) is 4.13. The van der Waals surface area contributed by atoms with E-state index in [-0.39, 0.29) is 23.5 Å². The molecule has 0 atom stereocenters. The van der Waals surface area contributed by atoms with E-state index < -0.39 is 8.80 Å². The first-order valence-corrected chi connectivity index (χ1v) is 8.48. The van der Waals surface area contributed by atoms with Crippen LogP contribution < -0.4 is 0 Å². The zero-order valence-electron chi connectivity index (χ0n) is 14.3. The van der Waals surface area contributed by atoms with Gasteiger partial charge in [0.1, 0.15) is 0 Å². The van der Waals surface area contributed by atoms with Gasteiger partial charge < -0.3 is 13.3 Å². The summed E-state index contributed by atoms with van der Waals surface area (Å²) in [5.41, 5.74) is 1.29. The summed E-state index contributed by atoms with van der Waals surface area (Å²) in [5, 5.41) is 0. The fourth-order valence-electron chi connectivity index (χ4n) is 1.72. The first-order chi connectivity index (χ1) is 9.76. The van der Waals surface area contributed by atoms with Crippen molar-refractivity contribution in [3.63, 3.8) is 0 Å².